The molecule has 0 saturated carbocycles. The molecule has 7 nitrogen and oxygen atoms in total. The third-order valence-corrected chi connectivity index (χ3v) is 6.48. The summed E-state index contributed by atoms with van der Waals surface area (Å²) >= 11 is 2.79. The maximum absolute atomic E-state index is 12.1. The highest BCUT2D eigenvalue weighted by Crippen LogP contribution is 2.29. The summed E-state index contributed by atoms with van der Waals surface area (Å²) < 4.78 is 12.3. The number of thioether (sulfide) groups is 1. The normalized spacial score (nSPS) is 11.2. The Bertz CT molecular complexity index is 1050. The van der Waals surface area contributed by atoms with Crippen LogP contribution in [0.15, 0.2) is 58.0 Å². The SMILES string of the molecule is CCOc1cc(C=NNC(=O)CSc2nnc(-c3ccccc3)s2)ccc1OCCC(C)C. The van der Waals surface area contributed by atoms with E-state index in [1.807, 2.05) is 55.5 Å². The van der Waals surface area contributed by atoms with Crippen molar-refractivity contribution in [2.75, 3.05) is 19.0 Å². The van der Waals surface area contributed by atoms with Gasteiger partial charge in [0.1, 0.15) is 5.01 Å². The third-order valence-electron chi connectivity index (χ3n) is 4.38. The molecule has 0 bridgehead atoms. The molecule has 1 amide bonds. The van der Waals surface area contributed by atoms with Crippen LogP contribution >= 0.6 is 23.1 Å². The lowest BCUT2D eigenvalue weighted by atomic mass is 10.1. The number of amides is 1. The second-order valence-electron chi connectivity index (χ2n) is 7.49. The van der Waals surface area contributed by atoms with Crippen molar-refractivity contribution in [2.24, 2.45) is 11.0 Å². The van der Waals surface area contributed by atoms with Crippen molar-refractivity contribution >= 4 is 35.2 Å². The highest BCUT2D eigenvalue weighted by Gasteiger charge is 2.10. The number of hydrogen-bond acceptors (Lipinski definition) is 8. The number of nitrogens with zero attached hydrogens (tertiary/aromatic N) is 3. The summed E-state index contributed by atoms with van der Waals surface area (Å²) in [6.45, 7) is 7.42. The smallest absolute Gasteiger partial charge is 0.250 e. The number of nitrogens with one attached hydrogen (secondary N) is 1. The van der Waals surface area contributed by atoms with Gasteiger partial charge in [-0.1, -0.05) is 67.3 Å². The van der Waals surface area contributed by atoms with Crippen molar-refractivity contribution in [2.45, 2.75) is 31.5 Å². The van der Waals surface area contributed by atoms with Crippen molar-refractivity contribution in [3.8, 4) is 22.1 Å². The van der Waals surface area contributed by atoms with Gasteiger partial charge in [-0.05, 0) is 43.0 Å². The van der Waals surface area contributed by atoms with Crippen molar-refractivity contribution in [3.63, 3.8) is 0 Å². The molecule has 0 unspecified atom stereocenters. The molecule has 1 aromatic heterocycles. The highest BCUT2D eigenvalue weighted by molar-refractivity contribution is 8.01. The van der Waals surface area contributed by atoms with Crippen LogP contribution in [0.5, 0.6) is 11.5 Å². The van der Waals surface area contributed by atoms with E-state index < -0.39 is 0 Å². The molecule has 0 fully saturated rings. The van der Waals surface area contributed by atoms with Gasteiger partial charge in [0.15, 0.2) is 15.8 Å². The maximum Gasteiger partial charge on any atom is 0.250 e. The van der Waals surface area contributed by atoms with E-state index in [2.05, 4.69) is 34.6 Å². The Morgan fingerprint density at radius 2 is 1.97 bits per heavy atom. The topological polar surface area (TPSA) is 85.7 Å². The molecule has 1 heterocycles. The average molecular weight is 485 g/mol. The fourth-order valence-corrected chi connectivity index (χ4v) is 4.35. The van der Waals surface area contributed by atoms with Crippen molar-refractivity contribution in [3.05, 3.63) is 54.1 Å². The Kier molecular flexibility index (Phi) is 9.71. The van der Waals surface area contributed by atoms with E-state index in [1.165, 1.54) is 23.1 Å². The molecule has 0 aliphatic rings. The van der Waals surface area contributed by atoms with Gasteiger partial charge in [-0.15, -0.1) is 10.2 Å². The number of carbonyl (C=O) groups excluding carboxylic acids is 1. The van der Waals surface area contributed by atoms with Crippen LogP contribution < -0.4 is 14.9 Å². The summed E-state index contributed by atoms with van der Waals surface area (Å²) in [5, 5.41) is 13.2. The average Bonchev–Trinajstić information content (AvgIpc) is 3.29. The number of hydrogen-bond donors (Lipinski definition) is 1. The number of ether oxygens (including phenoxy) is 2. The predicted octanol–water partition coefficient (Wildman–Crippen LogP) is 5.27. The number of aromatic nitrogens is 2. The Morgan fingerprint density at radius 1 is 1.15 bits per heavy atom. The summed E-state index contributed by atoms with van der Waals surface area (Å²) in [7, 11) is 0. The van der Waals surface area contributed by atoms with Crippen LogP contribution in [-0.4, -0.2) is 41.3 Å². The first-order valence-corrected chi connectivity index (χ1v) is 12.6. The summed E-state index contributed by atoms with van der Waals surface area (Å²) in [6.07, 6.45) is 2.56. The van der Waals surface area contributed by atoms with Gasteiger partial charge in [-0.2, -0.15) is 5.10 Å². The Hall–Kier alpha value is -2.91. The van der Waals surface area contributed by atoms with Gasteiger partial charge < -0.3 is 9.47 Å². The van der Waals surface area contributed by atoms with Gasteiger partial charge in [0.2, 0.25) is 0 Å². The van der Waals surface area contributed by atoms with Crippen LogP contribution in [0.4, 0.5) is 0 Å². The molecule has 0 spiro atoms. The summed E-state index contributed by atoms with van der Waals surface area (Å²) in [6, 6.07) is 15.4. The van der Waals surface area contributed by atoms with Crippen LogP contribution in [0, 0.1) is 5.92 Å². The molecular weight excluding hydrogens is 456 g/mol. The minimum atomic E-state index is -0.216. The van der Waals surface area contributed by atoms with Gasteiger partial charge in [-0.25, -0.2) is 5.43 Å². The number of benzene rings is 2. The van der Waals surface area contributed by atoms with Crippen LogP contribution in [-0.2, 0) is 4.79 Å². The van der Waals surface area contributed by atoms with Crippen LogP contribution in [0.25, 0.3) is 10.6 Å². The largest absolute Gasteiger partial charge is 0.490 e. The molecule has 0 atom stereocenters. The van der Waals surface area contributed by atoms with Gasteiger partial charge in [0.25, 0.3) is 5.91 Å². The minimum absolute atomic E-state index is 0.202. The first-order valence-electron chi connectivity index (χ1n) is 10.8. The van der Waals surface area contributed by atoms with Gasteiger partial charge in [0, 0.05) is 5.56 Å². The first-order chi connectivity index (χ1) is 16.0. The molecule has 0 radical (unpaired) electrons. The molecule has 174 valence electrons. The Balaban J connectivity index is 1.49. The van der Waals surface area contributed by atoms with E-state index in [4.69, 9.17) is 9.47 Å². The quantitative estimate of drug-likeness (QED) is 0.214. The molecule has 3 aromatic rings. The summed E-state index contributed by atoms with van der Waals surface area (Å²) in [5.74, 6) is 1.94. The Morgan fingerprint density at radius 3 is 2.73 bits per heavy atom. The van der Waals surface area contributed by atoms with E-state index in [0.717, 1.165) is 26.9 Å². The summed E-state index contributed by atoms with van der Waals surface area (Å²) in [5.41, 5.74) is 4.36. The van der Waals surface area contributed by atoms with Gasteiger partial charge in [-0.3, -0.25) is 4.79 Å². The van der Waals surface area contributed by atoms with Crippen molar-refractivity contribution in [1.82, 2.24) is 15.6 Å². The zero-order chi connectivity index (χ0) is 23.5. The number of carbonyl (C=O) groups is 1. The maximum atomic E-state index is 12.1. The zero-order valence-corrected chi connectivity index (χ0v) is 20.6. The predicted molar refractivity (Wildman–Crippen MR) is 134 cm³/mol. The van der Waals surface area contributed by atoms with Crippen molar-refractivity contribution < 1.29 is 14.3 Å². The van der Waals surface area contributed by atoms with E-state index in [1.54, 1.807) is 6.21 Å². The lowest BCUT2D eigenvalue weighted by Gasteiger charge is -2.13. The second-order valence-corrected chi connectivity index (χ2v) is 9.69. The molecular formula is C24H28N4O3S2. The van der Waals surface area contributed by atoms with Gasteiger partial charge in [0.05, 0.1) is 25.2 Å². The summed E-state index contributed by atoms with van der Waals surface area (Å²) in [4.78, 5) is 12.1. The number of hydrazone groups is 1. The van der Waals surface area contributed by atoms with Crippen LogP contribution in [0.1, 0.15) is 32.8 Å². The van der Waals surface area contributed by atoms with E-state index in [-0.39, 0.29) is 11.7 Å². The molecule has 9 heteroatoms. The molecule has 1 N–H and O–H groups in total. The lowest BCUT2D eigenvalue weighted by Crippen LogP contribution is -2.19. The third kappa shape index (κ3) is 8.18. The molecule has 2 aromatic carbocycles. The zero-order valence-electron chi connectivity index (χ0n) is 19.0. The van der Waals surface area contributed by atoms with E-state index in [0.29, 0.717) is 30.6 Å². The minimum Gasteiger partial charge on any atom is -0.490 e. The molecule has 0 aliphatic heterocycles. The van der Waals surface area contributed by atoms with E-state index in [9.17, 15) is 4.79 Å². The molecule has 0 aliphatic carbocycles. The first kappa shape index (κ1) is 24.7. The fourth-order valence-electron chi connectivity index (χ4n) is 2.70. The highest BCUT2D eigenvalue weighted by atomic mass is 32.2. The van der Waals surface area contributed by atoms with Crippen molar-refractivity contribution in [1.29, 1.82) is 0 Å². The standard InChI is InChI=1S/C24H28N4O3S2/c1-4-30-21-14-18(10-11-20(21)31-13-12-17(2)3)15-25-26-22(29)16-32-24-28-27-23(33-24)19-8-6-5-7-9-19/h5-11,14-15,17H,4,12-13,16H2,1-3H3,(H,26,29). The van der Waals surface area contributed by atoms with Crippen LogP contribution in [0.2, 0.25) is 0 Å². The molecule has 0 saturated heterocycles. The lowest BCUT2D eigenvalue weighted by molar-refractivity contribution is -0.118. The Labute approximate surface area is 202 Å². The number of rotatable bonds is 12. The van der Waals surface area contributed by atoms with Gasteiger partial charge >= 0.3 is 0 Å². The van der Waals surface area contributed by atoms with E-state index >= 15 is 0 Å². The molecule has 33 heavy (non-hydrogen) atoms. The second kappa shape index (κ2) is 13.0. The fraction of sp³-hybridized carbons (Fsp3) is 0.333. The van der Waals surface area contributed by atoms with Crippen LogP contribution in [0.3, 0.4) is 0 Å². The monoisotopic (exact) mass is 484 g/mol. The molecule has 3 rings (SSSR count).